The van der Waals surface area contributed by atoms with Gasteiger partial charge in [0.15, 0.2) is 0 Å². The minimum absolute atomic E-state index is 0.0284. The number of hydrogen-bond donors (Lipinski definition) is 4. The van der Waals surface area contributed by atoms with Crippen LogP contribution in [0.4, 0.5) is 28.8 Å². The Labute approximate surface area is 215 Å². The number of ether oxygens (including phenoxy) is 1. The van der Waals surface area contributed by atoms with Crippen LogP contribution in [0.15, 0.2) is 77.7 Å². The quantitative estimate of drug-likeness (QED) is 0.253. The van der Waals surface area contributed by atoms with Crippen LogP contribution in [0.1, 0.15) is 21.6 Å². The highest BCUT2D eigenvalue weighted by molar-refractivity contribution is 7.92. The fraction of sp³-hybridized carbons (Fsp3) is 0.115. The molecule has 11 heteroatoms. The van der Waals surface area contributed by atoms with Crippen molar-refractivity contribution in [3.63, 3.8) is 0 Å². The molecule has 1 amide bonds. The summed E-state index contributed by atoms with van der Waals surface area (Å²) in [5.41, 5.74) is 9.15. The highest BCUT2D eigenvalue weighted by atomic mass is 32.2. The second kappa shape index (κ2) is 10.5. The zero-order valence-electron chi connectivity index (χ0n) is 20.4. The van der Waals surface area contributed by atoms with Gasteiger partial charge in [0.2, 0.25) is 5.95 Å². The summed E-state index contributed by atoms with van der Waals surface area (Å²) in [7, 11) is -2.61. The van der Waals surface area contributed by atoms with Gasteiger partial charge in [0.25, 0.3) is 15.9 Å². The largest absolute Gasteiger partial charge is 0.496 e. The lowest BCUT2D eigenvalue weighted by Gasteiger charge is -2.12. The van der Waals surface area contributed by atoms with Crippen molar-refractivity contribution < 1.29 is 17.9 Å². The Balaban J connectivity index is 1.47. The minimum atomic E-state index is -3.98. The van der Waals surface area contributed by atoms with Crippen molar-refractivity contribution in [3.05, 3.63) is 89.6 Å². The first-order chi connectivity index (χ1) is 17.6. The van der Waals surface area contributed by atoms with E-state index in [1.165, 1.54) is 25.3 Å². The van der Waals surface area contributed by atoms with Gasteiger partial charge in [-0.15, -0.1) is 0 Å². The van der Waals surface area contributed by atoms with Gasteiger partial charge in [-0.2, -0.15) is 4.98 Å². The Morgan fingerprint density at radius 1 is 0.838 bits per heavy atom. The summed E-state index contributed by atoms with van der Waals surface area (Å²) in [4.78, 5) is 20.5. The molecular formula is C26H26N6O4S. The first-order valence-corrected chi connectivity index (χ1v) is 12.7. The number of anilines is 5. The van der Waals surface area contributed by atoms with E-state index < -0.39 is 15.9 Å². The normalized spacial score (nSPS) is 11.0. The molecule has 0 spiro atoms. The van der Waals surface area contributed by atoms with Crippen LogP contribution in [-0.2, 0) is 10.0 Å². The summed E-state index contributed by atoms with van der Waals surface area (Å²) in [5, 5.41) is 6.39. The lowest BCUT2D eigenvalue weighted by Crippen LogP contribution is -2.16. The SMILES string of the molecule is COc1ccc(S(=O)(=O)Nc2ccc(Nc3nc(C)cc(Nc4ccc(C)cc4)n3)cc2)cc1C(N)=O. The molecule has 0 fully saturated rings. The molecule has 1 heterocycles. The Kier molecular flexibility index (Phi) is 7.25. The lowest BCUT2D eigenvalue weighted by molar-refractivity contribution is 0.0997. The second-order valence-corrected chi connectivity index (χ2v) is 9.93. The molecule has 10 nitrogen and oxygen atoms in total. The zero-order chi connectivity index (χ0) is 26.6. The Hall–Kier alpha value is -4.64. The summed E-state index contributed by atoms with van der Waals surface area (Å²) in [5.74, 6) is 0.426. The number of nitrogens with one attached hydrogen (secondary N) is 3. The summed E-state index contributed by atoms with van der Waals surface area (Å²) < 4.78 is 33.3. The molecule has 3 aromatic carbocycles. The number of benzene rings is 3. The van der Waals surface area contributed by atoms with E-state index in [0.29, 0.717) is 23.1 Å². The van der Waals surface area contributed by atoms with Crippen molar-refractivity contribution in [1.29, 1.82) is 0 Å². The molecule has 0 radical (unpaired) electrons. The van der Waals surface area contributed by atoms with E-state index in [1.807, 2.05) is 44.2 Å². The van der Waals surface area contributed by atoms with Crippen LogP contribution in [0.3, 0.4) is 0 Å². The molecule has 0 atom stereocenters. The van der Waals surface area contributed by atoms with Crippen LogP contribution in [-0.4, -0.2) is 31.4 Å². The molecular weight excluding hydrogens is 492 g/mol. The third-order valence-corrected chi connectivity index (χ3v) is 6.70. The number of amides is 1. The van der Waals surface area contributed by atoms with Crippen LogP contribution in [0, 0.1) is 13.8 Å². The number of methoxy groups -OCH3 is 1. The predicted molar refractivity (Wildman–Crippen MR) is 143 cm³/mol. The second-order valence-electron chi connectivity index (χ2n) is 8.24. The maximum absolute atomic E-state index is 12.8. The van der Waals surface area contributed by atoms with E-state index >= 15 is 0 Å². The number of primary amides is 1. The number of aryl methyl sites for hydroxylation is 2. The number of sulfonamides is 1. The predicted octanol–water partition coefficient (Wildman–Crippen LogP) is 4.49. The summed E-state index contributed by atoms with van der Waals surface area (Å²) in [6.07, 6.45) is 0. The highest BCUT2D eigenvalue weighted by Crippen LogP contribution is 2.25. The van der Waals surface area contributed by atoms with Crippen LogP contribution in [0.2, 0.25) is 0 Å². The number of nitrogens with two attached hydrogens (primary N) is 1. The Bertz CT molecular complexity index is 1540. The third kappa shape index (κ3) is 6.33. The van der Waals surface area contributed by atoms with Gasteiger partial charge >= 0.3 is 0 Å². The molecule has 0 saturated heterocycles. The van der Waals surface area contributed by atoms with Crippen LogP contribution >= 0.6 is 0 Å². The van der Waals surface area contributed by atoms with Gasteiger partial charge in [-0.1, -0.05) is 17.7 Å². The molecule has 5 N–H and O–H groups in total. The maximum atomic E-state index is 12.8. The Morgan fingerprint density at radius 2 is 1.46 bits per heavy atom. The zero-order valence-corrected chi connectivity index (χ0v) is 21.3. The number of carbonyl (C=O) groups is 1. The maximum Gasteiger partial charge on any atom is 0.261 e. The fourth-order valence-corrected chi connectivity index (χ4v) is 4.57. The van der Waals surface area contributed by atoms with E-state index in [0.717, 1.165) is 16.9 Å². The summed E-state index contributed by atoms with van der Waals surface area (Å²) >= 11 is 0. The van der Waals surface area contributed by atoms with Gasteiger partial charge in [0, 0.05) is 28.8 Å². The van der Waals surface area contributed by atoms with Crippen LogP contribution in [0.25, 0.3) is 0 Å². The molecule has 0 aliphatic carbocycles. The van der Waals surface area contributed by atoms with Crippen molar-refractivity contribution in [1.82, 2.24) is 9.97 Å². The standard InChI is InChI=1S/C26H26N6O4S/c1-16-4-6-18(7-5-16)29-24-14-17(2)28-26(31-24)30-19-8-10-20(11-9-19)32-37(34,35)21-12-13-23(36-3)22(15-21)25(27)33/h4-15,32H,1-3H3,(H2,27,33)(H2,28,29,30,31). The fourth-order valence-electron chi connectivity index (χ4n) is 3.48. The first kappa shape index (κ1) is 25.5. The monoisotopic (exact) mass is 518 g/mol. The van der Waals surface area contributed by atoms with Crippen LogP contribution in [0.5, 0.6) is 5.75 Å². The number of hydrogen-bond acceptors (Lipinski definition) is 8. The van der Waals surface area contributed by atoms with Gasteiger partial charge < -0.3 is 21.1 Å². The number of carbonyl (C=O) groups excluding carboxylic acids is 1. The molecule has 4 rings (SSSR count). The molecule has 0 aliphatic rings. The molecule has 37 heavy (non-hydrogen) atoms. The average Bonchev–Trinajstić information content (AvgIpc) is 2.85. The van der Waals surface area contributed by atoms with Gasteiger partial charge in [0.05, 0.1) is 17.6 Å². The van der Waals surface area contributed by atoms with E-state index in [9.17, 15) is 13.2 Å². The molecule has 190 valence electrons. The molecule has 4 aromatic rings. The minimum Gasteiger partial charge on any atom is -0.496 e. The number of aromatic nitrogens is 2. The van der Waals surface area contributed by atoms with Crippen molar-refractivity contribution in [3.8, 4) is 5.75 Å². The van der Waals surface area contributed by atoms with Gasteiger partial charge in [-0.25, -0.2) is 13.4 Å². The Morgan fingerprint density at radius 3 is 2.11 bits per heavy atom. The van der Waals surface area contributed by atoms with Crippen LogP contribution < -0.4 is 25.8 Å². The van der Waals surface area contributed by atoms with Crippen molar-refractivity contribution in [2.75, 3.05) is 22.5 Å². The van der Waals surface area contributed by atoms with Gasteiger partial charge in [0.1, 0.15) is 11.6 Å². The van der Waals surface area contributed by atoms with E-state index in [-0.39, 0.29) is 16.2 Å². The lowest BCUT2D eigenvalue weighted by atomic mass is 10.2. The first-order valence-electron chi connectivity index (χ1n) is 11.2. The van der Waals surface area contributed by atoms with Crippen molar-refractivity contribution in [2.45, 2.75) is 18.7 Å². The van der Waals surface area contributed by atoms with E-state index in [1.54, 1.807) is 24.3 Å². The molecule has 0 aliphatic heterocycles. The number of rotatable bonds is 9. The molecule has 0 unspecified atom stereocenters. The van der Waals surface area contributed by atoms with E-state index in [2.05, 4.69) is 25.3 Å². The molecule has 0 saturated carbocycles. The summed E-state index contributed by atoms with van der Waals surface area (Å²) in [6.45, 7) is 3.89. The highest BCUT2D eigenvalue weighted by Gasteiger charge is 2.19. The van der Waals surface area contributed by atoms with Gasteiger partial charge in [-0.05, 0) is 68.4 Å². The van der Waals surface area contributed by atoms with Gasteiger partial charge in [-0.3, -0.25) is 9.52 Å². The third-order valence-electron chi connectivity index (χ3n) is 5.32. The topological polar surface area (TPSA) is 148 Å². The molecule has 0 bridgehead atoms. The van der Waals surface area contributed by atoms with Crippen molar-refractivity contribution >= 4 is 44.8 Å². The average molecular weight is 519 g/mol. The summed E-state index contributed by atoms with van der Waals surface area (Å²) in [6, 6.07) is 20.3. The smallest absolute Gasteiger partial charge is 0.261 e. The molecule has 1 aromatic heterocycles. The number of nitrogens with zero attached hydrogens (tertiary/aromatic N) is 2. The van der Waals surface area contributed by atoms with Crippen molar-refractivity contribution in [2.24, 2.45) is 5.73 Å². The van der Waals surface area contributed by atoms with E-state index in [4.69, 9.17) is 10.5 Å².